The number of aromatic nitrogens is 3. The lowest BCUT2D eigenvalue weighted by Crippen LogP contribution is -2.45. The molecule has 4 rings (SSSR count). The monoisotopic (exact) mass is 412 g/mol. The molecule has 1 aliphatic heterocycles. The third-order valence-corrected chi connectivity index (χ3v) is 6.08. The van der Waals surface area contributed by atoms with E-state index in [0.29, 0.717) is 18.1 Å². The standard InChI is InChI=1S/C20H24N6O2S/c1-20(2,3)26-11-23-13-7-6-12(9-15(13)26)16-10-22-18(29-16)24-19(28)25-8-4-5-14(25)17(21)27/h6-7,9-11,14H,4-5,8H2,1-3H3,(H2,21,27)(H,22,24,28)/t14-/m0/s1. The number of imidazole rings is 1. The Kier molecular flexibility index (Phi) is 4.77. The van der Waals surface area contributed by atoms with Crippen LogP contribution < -0.4 is 11.1 Å². The molecular formula is C20H24N6O2S. The fraction of sp³-hybridized carbons (Fsp3) is 0.400. The summed E-state index contributed by atoms with van der Waals surface area (Å²) in [6.07, 6.45) is 4.98. The second-order valence-electron chi connectivity index (χ2n) is 8.20. The number of urea groups is 1. The summed E-state index contributed by atoms with van der Waals surface area (Å²) in [5.74, 6) is -0.471. The fourth-order valence-electron chi connectivity index (χ4n) is 3.63. The van der Waals surface area contributed by atoms with E-state index < -0.39 is 11.9 Å². The molecule has 0 aliphatic carbocycles. The molecule has 0 radical (unpaired) electrons. The number of benzene rings is 1. The van der Waals surface area contributed by atoms with E-state index in [-0.39, 0.29) is 11.6 Å². The normalized spacial score (nSPS) is 17.1. The Bertz CT molecular complexity index is 1080. The zero-order valence-corrected chi connectivity index (χ0v) is 17.5. The largest absolute Gasteiger partial charge is 0.368 e. The van der Waals surface area contributed by atoms with Crippen LogP contribution in [-0.2, 0) is 10.3 Å². The molecule has 2 aromatic heterocycles. The Labute approximate surface area is 172 Å². The quantitative estimate of drug-likeness (QED) is 0.687. The van der Waals surface area contributed by atoms with Gasteiger partial charge in [-0.3, -0.25) is 10.1 Å². The van der Waals surface area contributed by atoms with Gasteiger partial charge in [-0.25, -0.2) is 14.8 Å². The maximum atomic E-state index is 12.5. The second-order valence-corrected chi connectivity index (χ2v) is 9.23. The van der Waals surface area contributed by atoms with Gasteiger partial charge in [0.05, 0.1) is 22.2 Å². The molecule has 3 amide bonds. The van der Waals surface area contributed by atoms with Crippen molar-refractivity contribution in [3.63, 3.8) is 0 Å². The molecule has 3 N–H and O–H groups in total. The summed E-state index contributed by atoms with van der Waals surface area (Å²) in [5, 5.41) is 3.29. The summed E-state index contributed by atoms with van der Waals surface area (Å²) in [6.45, 7) is 6.93. The molecule has 0 unspecified atom stereocenters. The lowest BCUT2D eigenvalue weighted by atomic mass is 10.1. The van der Waals surface area contributed by atoms with Gasteiger partial charge in [-0.15, -0.1) is 0 Å². The van der Waals surface area contributed by atoms with Gasteiger partial charge in [-0.1, -0.05) is 17.4 Å². The third kappa shape index (κ3) is 3.69. The Morgan fingerprint density at radius 3 is 2.79 bits per heavy atom. The number of nitrogens with two attached hydrogens (primary N) is 1. The lowest BCUT2D eigenvalue weighted by molar-refractivity contribution is -0.121. The second kappa shape index (κ2) is 7.14. The van der Waals surface area contributed by atoms with E-state index in [1.165, 1.54) is 16.2 Å². The number of nitrogens with one attached hydrogen (secondary N) is 1. The highest BCUT2D eigenvalue weighted by molar-refractivity contribution is 7.19. The molecule has 8 nitrogen and oxygen atoms in total. The number of hydrogen-bond donors (Lipinski definition) is 2. The van der Waals surface area contributed by atoms with Gasteiger partial charge in [-0.05, 0) is 51.3 Å². The molecule has 0 saturated carbocycles. The van der Waals surface area contributed by atoms with Gasteiger partial charge in [0.25, 0.3) is 0 Å². The molecule has 3 aromatic rings. The lowest BCUT2D eigenvalue weighted by Gasteiger charge is -2.21. The van der Waals surface area contributed by atoms with E-state index in [9.17, 15) is 9.59 Å². The molecule has 152 valence electrons. The number of thiazole rings is 1. The molecule has 1 atom stereocenters. The van der Waals surface area contributed by atoms with Crippen molar-refractivity contribution in [3.05, 3.63) is 30.7 Å². The van der Waals surface area contributed by atoms with Crippen molar-refractivity contribution in [2.45, 2.75) is 45.2 Å². The van der Waals surface area contributed by atoms with Crippen molar-refractivity contribution >= 4 is 39.4 Å². The van der Waals surface area contributed by atoms with E-state index >= 15 is 0 Å². The summed E-state index contributed by atoms with van der Waals surface area (Å²) in [4.78, 5) is 35.3. The highest BCUT2D eigenvalue weighted by Crippen LogP contribution is 2.32. The predicted octanol–water partition coefficient (Wildman–Crippen LogP) is 3.40. The summed E-state index contributed by atoms with van der Waals surface area (Å²) in [6, 6.07) is 5.21. The molecule has 0 bridgehead atoms. The number of rotatable bonds is 3. The summed E-state index contributed by atoms with van der Waals surface area (Å²) in [7, 11) is 0. The molecule has 29 heavy (non-hydrogen) atoms. The Morgan fingerprint density at radius 1 is 1.28 bits per heavy atom. The third-order valence-electron chi connectivity index (χ3n) is 5.12. The van der Waals surface area contributed by atoms with Crippen molar-refractivity contribution in [3.8, 4) is 10.4 Å². The average Bonchev–Trinajstić information content (AvgIpc) is 3.39. The van der Waals surface area contributed by atoms with Crippen LogP contribution in [-0.4, -0.2) is 44.0 Å². The van der Waals surface area contributed by atoms with Gasteiger partial charge >= 0.3 is 6.03 Å². The van der Waals surface area contributed by atoms with Crippen molar-refractivity contribution in [1.82, 2.24) is 19.4 Å². The number of amides is 3. The highest BCUT2D eigenvalue weighted by atomic mass is 32.1. The number of likely N-dealkylation sites (tertiary alicyclic amines) is 1. The maximum absolute atomic E-state index is 12.5. The van der Waals surface area contributed by atoms with Gasteiger partial charge in [0.1, 0.15) is 6.04 Å². The van der Waals surface area contributed by atoms with Gasteiger partial charge in [0, 0.05) is 18.3 Å². The number of carbonyl (C=O) groups excluding carboxylic acids is 2. The van der Waals surface area contributed by atoms with Crippen LogP contribution in [0.4, 0.5) is 9.93 Å². The van der Waals surface area contributed by atoms with E-state index in [4.69, 9.17) is 5.73 Å². The summed E-state index contributed by atoms with van der Waals surface area (Å²) >= 11 is 1.39. The van der Waals surface area contributed by atoms with E-state index in [0.717, 1.165) is 27.9 Å². The number of primary amides is 1. The topological polar surface area (TPSA) is 106 Å². The number of anilines is 1. The first kappa shape index (κ1) is 19.4. The van der Waals surface area contributed by atoms with Crippen LogP contribution in [0.25, 0.3) is 21.5 Å². The van der Waals surface area contributed by atoms with E-state index in [1.807, 2.05) is 18.5 Å². The molecule has 0 spiro atoms. The highest BCUT2D eigenvalue weighted by Gasteiger charge is 2.33. The predicted molar refractivity (Wildman–Crippen MR) is 114 cm³/mol. The minimum atomic E-state index is -0.547. The summed E-state index contributed by atoms with van der Waals surface area (Å²) in [5.41, 5.74) is 8.32. The molecule has 1 aromatic carbocycles. The van der Waals surface area contributed by atoms with Crippen LogP contribution >= 0.6 is 11.3 Å². The first-order valence-electron chi connectivity index (χ1n) is 9.55. The SMILES string of the molecule is CC(C)(C)n1cnc2ccc(-c3cnc(NC(=O)N4CCC[C@H]4C(N)=O)s3)cc21. The summed E-state index contributed by atoms with van der Waals surface area (Å²) < 4.78 is 2.15. The van der Waals surface area contributed by atoms with Crippen LogP contribution in [0, 0.1) is 0 Å². The van der Waals surface area contributed by atoms with Crippen LogP contribution in [0.15, 0.2) is 30.7 Å². The molecule has 1 aliphatic rings. The number of carbonyl (C=O) groups is 2. The smallest absolute Gasteiger partial charge is 0.324 e. The van der Waals surface area contributed by atoms with Crippen LogP contribution in [0.2, 0.25) is 0 Å². The van der Waals surface area contributed by atoms with Crippen LogP contribution in [0.3, 0.4) is 0 Å². The van der Waals surface area contributed by atoms with Crippen LogP contribution in [0.1, 0.15) is 33.6 Å². The first-order valence-corrected chi connectivity index (χ1v) is 10.4. The van der Waals surface area contributed by atoms with E-state index in [1.54, 1.807) is 6.20 Å². The number of hydrogen-bond acceptors (Lipinski definition) is 5. The van der Waals surface area contributed by atoms with E-state index in [2.05, 4.69) is 46.7 Å². The van der Waals surface area contributed by atoms with Crippen molar-refractivity contribution in [1.29, 1.82) is 0 Å². The zero-order chi connectivity index (χ0) is 20.8. The van der Waals surface area contributed by atoms with Crippen molar-refractivity contribution in [2.75, 3.05) is 11.9 Å². The Hall–Kier alpha value is -2.94. The van der Waals surface area contributed by atoms with Gasteiger partial charge < -0.3 is 15.2 Å². The zero-order valence-electron chi connectivity index (χ0n) is 16.7. The van der Waals surface area contributed by atoms with Crippen molar-refractivity contribution in [2.24, 2.45) is 5.73 Å². The van der Waals surface area contributed by atoms with Gasteiger partial charge in [0.15, 0.2) is 5.13 Å². The number of nitrogens with zero attached hydrogens (tertiary/aromatic N) is 4. The minimum absolute atomic E-state index is 0.0765. The molecule has 1 fully saturated rings. The Morgan fingerprint density at radius 2 is 2.07 bits per heavy atom. The molecular weight excluding hydrogens is 388 g/mol. The Balaban J connectivity index is 1.56. The average molecular weight is 413 g/mol. The molecule has 9 heteroatoms. The van der Waals surface area contributed by atoms with Gasteiger partial charge in [0.2, 0.25) is 5.91 Å². The molecule has 1 saturated heterocycles. The first-order chi connectivity index (χ1) is 13.7. The minimum Gasteiger partial charge on any atom is -0.368 e. The fourth-order valence-corrected chi connectivity index (χ4v) is 4.43. The van der Waals surface area contributed by atoms with Gasteiger partial charge in [-0.2, -0.15) is 0 Å². The van der Waals surface area contributed by atoms with Crippen molar-refractivity contribution < 1.29 is 9.59 Å². The molecule has 3 heterocycles. The maximum Gasteiger partial charge on any atom is 0.324 e. The number of fused-ring (bicyclic) bond motifs is 1. The van der Waals surface area contributed by atoms with Crippen LogP contribution in [0.5, 0.6) is 0 Å².